The van der Waals surface area contributed by atoms with Gasteiger partial charge in [0.1, 0.15) is 6.04 Å². The van der Waals surface area contributed by atoms with Crippen LogP contribution in [0.15, 0.2) is 24.3 Å². The molecule has 2 unspecified atom stereocenters. The van der Waals surface area contributed by atoms with Crippen molar-refractivity contribution in [2.75, 3.05) is 24.7 Å². The number of carbonyl (C=O) groups excluding carboxylic acids is 2. The third kappa shape index (κ3) is 3.69. The van der Waals surface area contributed by atoms with Crippen LogP contribution in [0.5, 0.6) is 0 Å². The molecular formula is C18H21ClN2O4S. The van der Waals surface area contributed by atoms with E-state index in [0.717, 1.165) is 0 Å². The maximum atomic E-state index is 13.0. The van der Waals surface area contributed by atoms with E-state index in [9.17, 15) is 19.5 Å². The summed E-state index contributed by atoms with van der Waals surface area (Å²) in [5.74, 6) is -0.280. The zero-order valence-electron chi connectivity index (χ0n) is 14.5. The van der Waals surface area contributed by atoms with Crippen LogP contribution in [0.3, 0.4) is 0 Å². The molecule has 3 rings (SSSR count). The van der Waals surface area contributed by atoms with Gasteiger partial charge in [-0.05, 0) is 44.0 Å². The standard InChI is InChI=1S/C18H21ClN2O4S/c1-18(17(24)25)7-2-8-20(10-18)16(23)14-9-26-11-21(14)15(22)12-3-5-13(19)6-4-12/h3-6,14H,2,7-11H2,1H3,(H,24,25). The molecule has 1 aromatic carbocycles. The van der Waals surface area contributed by atoms with Crippen molar-refractivity contribution in [3.8, 4) is 0 Å². The molecule has 2 atom stereocenters. The molecule has 2 amide bonds. The summed E-state index contributed by atoms with van der Waals surface area (Å²) < 4.78 is 0. The molecule has 26 heavy (non-hydrogen) atoms. The Labute approximate surface area is 161 Å². The average molecular weight is 397 g/mol. The number of nitrogens with zero attached hydrogens (tertiary/aromatic N) is 2. The van der Waals surface area contributed by atoms with Crippen molar-refractivity contribution in [2.24, 2.45) is 5.41 Å². The van der Waals surface area contributed by atoms with Gasteiger partial charge >= 0.3 is 5.97 Å². The molecule has 140 valence electrons. The topological polar surface area (TPSA) is 77.9 Å². The van der Waals surface area contributed by atoms with Crippen molar-refractivity contribution in [3.05, 3.63) is 34.9 Å². The Morgan fingerprint density at radius 1 is 1.27 bits per heavy atom. The molecule has 6 nitrogen and oxygen atoms in total. The second-order valence-electron chi connectivity index (χ2n) is 7.03. The Hall–Kier alpha value is -1.73. The number of carbonyl (C=O) groups is 3. The van der Waals surface area contributed by atoms with Gasteiger partial charge in [-0.3, -0.25) is 14.4 Å². The maximum Gasteiger partial charge on any atom is 0.311 e. The minimum absolute atomic E-state index is 0.163. The third-order valence-electron chi connectivity index (χ3n) is 5.04. The number of amides is 2. The Morgan fingerprint density at radius 3 is 2.62 bits per heavy atom. The molecule has 1 aromatic rings. The van der Waals surface area contributed by atoms with Gasteiger partial charge in [0.05, 0.1) is 11.3 Å². The van der Waals surface area contributed by atoms with Crippen molar-refractivity contribution >= 4 is 41.1 Å². The van der Waals surface area contributed by atoms with Crippen LogP contribution in [0.25, 0.3) is 0 Å². The van der Waals surface area contributed by atoms with Crippen LogP contribution in [0.2, 0.25) is 5.02 Å². The fourth-order valence-electron chi connectivity index (χ4n) is 3.42. The molecule has 2 heterocycles. The number of thioether (sulfide) groups is 1. The molecule has 0 aliphatic carbocycles. The van der Waals surface area contributed by atoms with E-state index in [1.807, 2.05) is 0 Å². The minimum Gasteiger partial charge on any atom is -0.481 e. The summed E-state index contributed by atoms with van der Waals surface area (Å²) in [4.78, 5) is 40.5. The monoisotopic (exact) mass is 396 g/mol. The fourth-order valence-corrected chi connectivity index (χ4v) is 4.69. The molecule has 0 saturated carbocycles. The van der Waals surface area contributed by atoms with E-state index in [4.69, 9.17) is 11.6 Å². The van der Waals surface area contributed by atoms with Gasteiger partial charge in [0.2, 0.25) is 5.91 Å². The lowest BCUT2D eigenvalue weighted by molar-refractivity contribution is -0.154. The van der Waals surface area contributed by atoms with Gasteiger partial charge in [-0.15, -0.1) is 11.8 Å². The highest BCUT2D eigenvalue weighted by Crippen LogP contribution is 2.32. The first kappa shape index (κ1) is 19.0. The van der Waals surface area contributed by atoms with Crippen molar-refractivity contribution in [1.82, 2.24) is 9.80 Å². The summed E-state index contributed by atoms with van der Waals surface area (Å²) in [5, 5.41) is 10.0. The molecule has 2 aliphatic rings. The molecule has 2 aliphatic heterocycles. The van der Waals surface area contributed by atoms with Crippen molar-refractivity contribution in [3.63, 3.8) is 0 Å². The quantitative estimate of drug-likeness (QED) is 0.849. The van der Waals surface area contributed by atoms with Crippen LogP contribution in [0, 0.1) is 5.41 Å². The highest BCUT2D eigenvalue weighted by Gasteiger charge is 2.43. The van der Waals surface area contributed by atoms with Gasteiger partial charge in [-0.25, -0.2) is 0 Å². The lowest BCUT2D eigenvalue weighted by Crippen LogP contribution is -2.54. The van der Waals surface area contributed by atoms with E-state index in [2.05, 4.69) is 0 Å². The SMILES string of the molecule is CC1(C(=O)O)CCCN(C(=O)C2CSCN2C(=O)c2ccc(Cl)cc2)C1. The number of hydrogen-bond donors (Lipinski definition) is 1. The second kappa shape index (κ2) is 7.48. The Balaban J connectivity index is 1.75. The number of piperidine rings is 1. The lowest BCUT2D eigenvalue weighted by Gasteiger charge is -2.39. The first-order valence-corrected chi connectivity index (χ1v) is 10.0. The van der Waals surface area contributed by atoms with E-state index in [-0.39, 0.29) is 18.4 Å². The maximum absolute atomic E-state index is 13.0. The van der Waals surface area contributed by atoms with Crippen molar-refractivity contribution in [2.45, 2.75) is 25.8 Å². The molecule has 2 fully saturated rings. The first-order chi connectivity index (χ1) is 12.3. The van der Waals surface area contributed by atoms with Crippen molar-refractivity contribution < 1.29 is 19.5 Å². The number of hydrogen-bond acceptors (Lipinski definition) is 4. The minimum atomic E-state index is -0.926. The van der Waals surface area contributed by atoms with Crippen LogP contribution >= 0.6 is 23.4 Å². The summed E-state index contributed by atoms with van der Waals surface area (Å²) in [6, 6.07) is 6.05. The molecule has 0 aromatic heterocycles. The molecule has 2 saturated heterocycles. The molecular weight excluding hydrogens is 376 g/mol. The summed E-state index contributed by atoms with van der Waals surface area (Å²) in [7, 11) is 0. The number of likely N-dealkylation sites (tertiary alicyclic amines) is 1. The van der Waals surface area contributed by atoms with Gasteiger partial charge in [0, 0.05) is 29.4 Å². The van der Waals surface area contributed by atoms with Gasteiger partial charge in [-0.1, -0.05) is 11.6 Å². The van der Waals surface area contributed by atoms with Gasteiger partial charge < -0.3 is 14.9 Å². The largest absolute Gasteiger partial charge is 0.481 e. The summed E-state index contributed by atoms with van der Waals surface area (Å²) in [5.41, 5.74) is -0.436. The van der Waals surface area contributed by atoms with Gasteiger partial charge in [0.15, 0.2) is 0 Å². The molecule has 0 radical (unpaired) electrons. The molecule has 1 N–H and O–H groups in total. The first-order valence-electron chi connectivity index (χ1n) is 8.48. The lowest BCUT2D eigenvalue weighted by atomic mass is 9.82. The summed E-state index contributed by atoms with van der Waals surface area (Å²) in [6.07, 6.45) is 1.21. The molecule has 0 bridgehead atoms. The third-order valence-corrected chi connectivity index (χ3v) is 6.31. The number of aliphatic carboxylic acids is 1. The molecule has 8 heteroatoms. The second-order valence-corrected chi connectivity index (χ2v) is 8.46. The molecule has 0 spiro atoms. The van der Waals surface area contributed by atoms with Crippen LogP contribution < -0.4 is 0 Å². The number of carboxylic acids is 1. The highest BCUT2D eigenvalue weighted by molar-refractivity contribution is 7.99. The predicted molar refractivity (Wildman–Crippen MR) is 100 cm³/mol. The van der Waals surface area contributed by atoms with Crippen LogP contribution in [0.1, 0.15) is 30.1 Å². The number of halogens is 1. The number of carboxylic acid groups (broad SMARTS) is 1. The van der Waals surface area contributed by atoms with E-state index in [1.165, 1.54) is 11.8 Å². The Bertz CT molecular complexity index is 726. The highest BCUT2D eigenvalue weighted by atomic mass is 35.5. The van der Waals surface area contributed by atoms with Gasteiger partial charge in [0.25, 0.3) is 5.91 Å². The Kier molecular flexibility index (Phi) is 5.48. The van der Waals surface area contributed by atoms with Gasteiger partial charge in [-0.2, -0.15) is 0 Å². The Morgan fingerprint density at radius 2 is 1.96 bits per heavy atom. The zero-order valence-corrected chi connectivity index (χ0v) is 16.1. The van der Waals surface area contributed by atoms with Crippen LogP contribution in [0.4, 0.5) is 0 Å². The van der Waals surface area contributed by atoms with E-state index < -0.39 is 17.4 Å². The fraction of sp³-hybridized carbons (Fsp3) is 0.500. The van der Waals surface area contributed by atoms with E-state index >= 15 is 0 Å². The predicted octanol–water partition coefficient (Wildman–Crippen LogP) is 2.57. The van der Waals surface area contributed by atoms with E-state index in [0.29, 0.717) is 41.6 Å². The summed E-state index contributed by atoms with van der Waals surface area (Å²) in [6.45, 7) is 2.39. The number of rotatable bonds is 3. The average Bonchev–Trinajstić information content (AvgIpc) is 3.10. The van der Waals surface area contributed by atoms with Crippen molar-refractivity contribution in [1.29, 1.82) is 0 Å². The smallest absolute Gasteiger partial charge is 0.311 e. The van der Waals surface area contributed by atoms with Crippen LogP contribution in [-0.4, -0.2) is 63.5 Å². The zero-order chi connectivity index (χ0) is 18.9. The number of benzene rings is 1. The normalized spacial score (nSPS) is 26.0. The van der Waals surface area contributed by atoms with E-state index in [1.54, 1.807) is 41.0 Å². The summed E-state index contributed by atoms with van der Waals surface area (Å²) >= 11 is 7.40. The van der Waals surface area contributed by atoms with Crippen LogP contribution in [-0.2, 0) is 9.59 Å².